The Morgan fingerprint density at radius 2 is 2.28 bits per heavy atom. The van der Waals surface area contributed by atoms with E-state index in [0.29, 0.717) is 0 Å². The van der Waals surface area contributed by atoms with Crippen molar-refractivity contribution in [3.8, 4) is 0 Å². The van der Waals surface area contributed by atoms with Crippen molar-refractivity contribution >= 4 is 0 Å². The molecule has 0 bridgehead atoms. The third-order valence-corrected chi connectivity index (χ3v) is 3.59. The van der Waals surface area contributed by atoms with Crippen molar-refractivity contribution in [3.63, 3.8) is 0 Å². The number of hydrogen-bond donors (Lipinski definition) is 1. The molecule has 1 aromatic carbocycles. The maximum Gasteiger partial charge on any atom is 0.123 e. The van der Waals surface area contributed by atoms with Crippen LogP contribution in [-0.4, -0.2) is 37.2 Å². The van der Waals surface area contributed by atoms with Crippen molar-refractivity contribution in [2.75, 3.05) is 20.2 Å². The number of methoxy groups -OCH3 is 1. The van der Waals surface area contributed by atoms with Gasteiger partial charge in [-0.25, -0.2) is 4.39 Å². The first-order valence-electron chi connectivity index (χ1n) is 6.39. The van der Waals surface area contributed by atoms with Gasteiger partial charge >= 0.3 is 0 Å². The van der Waals surface area contributed by atoms with Crippen LogP contribution < -0.4 is 5.73 Å². The van der Waals surface area contributed by atoms with Gasteiger partial charge in [-0.3, -0.25) is 4.90 Å². The standard InChI is InChI=1S/C14H21FN2O/c1-10(16)14(11-4-3-5-12(15)8-11)17-7-6-13(9-17)18-2/h3-5,8,10,13-14H,6-7,9,16H2,1-2H3. The Kier molecular flexibility index (Phi) is 4.32. The second kappa shape index (κ2) is 5.78. The summed E-state index contributed by atoms with van der Waals surface area (Å²) in [6.45, 7) is 3.77. The van der Waals surface area contributed by atoms with E-state index in [1.807, 2.05) is 13.0 Å². The molecular formula is C14H21FN2O. The molecule has 18 heavy (non-hydrogen) atoms. The normalized spacial score (nSPS) is 24.1. The van der Waals surface area contributed by atoms with Crippen molar-refractivity contribution in [1.82, 2.24) is 4.90 Å². The van der Waals surface area contributed by atoms with E-state index in [1.54, 1.807) is 19.2 Å². The lowest BCUT2D eigenvalue weighted by molar-refractivity contribution is 0.0981. The second-order valence-corrected chi connectivity index (χ2v) is 5.00. The van der Waals surface area contributed by atoms with Gasteiger partial charge in [-0.2, -0.15) is 0 Å². The highest BCUT2D eigenvalue weighted by atomic mass is 19.1. The van der Waals surface area contributed by atoms with Gasteiger partial charge < -0.3 is 10.5 Å². The van der Waals surface area contributed by atoms with Gasteiger partial charge in [-0.05, 0) is 31.0 Å². The molecule has 0 radical (unpaired) electrons. The minimum atomic E-state index is -0.208. The van der Waals surface area contributed by atoms with Crippen LogP contribution in [0.3, 0.4) is 0 Å². The number of benzene rings is 1. The molecule has 100 valence electrons. The summed E-state index contributed by atoms with van der Waals surface area (Å²) < 4.78 is 18.7. The molecule has 3 atom stereocenters. The number of nitrogens with two attached hydrogens (primary N) is 1. The molecule has 1 heterocycles. The summed E-state index contributed by atoms with van der Waals surface area (Å²) in [4.78, 5) is 2.29. The van der Waals surface area contributed by atoms with E-state index in [-0.39, 0.29) is 24.0 Å². The number of likely N-dealkylation sites (tertiary alicyclic amines) is 1. The largest absolute Gasteiger partial charge is 0.380 e. The molecule has 0 aliphatic carbocycles. The highest BCUT2D eigenvalue weighted by Crippen LogP contribution is 2.28. The first-order chi connectivity index (χ1) is 8.61. The van der Waals surface area contributed by atoms with E-state index in [4.69, 9.17) is 10.5 Å². The molecule has 0 spiro atoms. The zero-order valence-electron chi connectivity index (χ0n) is 11.0. The van der Waals surface area contributed by atoms with E-state index in [0.717, 1.165) is 25.1 Å². The summed E-state index contributed by atoms with van der Waals surface area (Å²) in [5, 5.41) is 0. The van der Waals surface area contributed by atoms with Crippen molar-refractivity contribution < 1.29 is 9.13 Å². The van der Waals surface area contributed by atoms with E-state index in [1.165, 1.54) is 6.07 Å². The molecule has 2 rings (SSSR count). The Hall–Kier alpha value is -0.970. The summed E-state index contributed by atoms with van der Waals surface area (Å²) in [6, 6.07) is 6.74. The minimum Gasteiger partial charge on any atom is -0.380 e. The van der Waals surface area contributed by atoms with Crippen molar-refractivity contribution in [2.45, 2.75) is 31.5 Å². The Bertz CT molecular complexity index is 397. The van der Waals surface area contributed by atoms with Crippen LogP contribution in [0.5, 0.6) is 0 Å². The maximum absolute atomic E-state index is 13.3. The molecule has 1 aliphatic heterocycles. The number of ether oxygens (including phenoxy) is 1. The quantitative estimate of drug-likeness (QED) is 0.890. The molecule has 1 fully saturated rings. The predicted molar refractivity (Wildman–Crippen MR) is 69.8 cm³/mol. The fraction of sp³-hybridized carbons (Fsp3) is 0.571. The van der Waals surface area contributed by atoms with Gasteiger partial charge in [0.1, 0.15) is 5.82 Å². The van der Waals surface area contributed by atoms with Crippen LogP contribution >= 0.6 is 0 Å². The summed E-state index contributed by atoms with van der Waals surface area (Å²) in [7, 11) is 1.73. The molecule has 0 amide bonds. The Balaban J connectivity index is 2.19. The summed E-state index contributed by atoms with van der Waals surface area (Å²) in [5.74, 6) is -0.208. The van der Waals surface area contributed by atoms with Gasteiger partial charge in [0.2, 0.25) is 0 Å². The summed E-state index contributed by atoms with van der Waals surface area (Å²) in [6.07, 6.45) is 1.27. The third-order valence-electron chi connectivity index (χ3n) is 3.59. The molecule has 4 heteroatoms. The van der Waals surface area contributed by atoms with Crippen LogP contribution in [0.2, 0.25) is 0 Å². The van der Waals surface area contributed by atoms with Crippen molar-refractivity contribution in [1.29, 1.82) is 0 Å². The topological polar surface area (TPSA) is 38.5 Å². The Labute approximate surface area is 108 Å². The molecule has 1 saturated heterocycles. The zero-order chi connectivity index (χ0) is 13.1. The van der Waals surface area contributed by atoms with E-state index in [9.17, 15) is 4.39 Å². The van der Waals surface area contributed by atoms with Crippen LogP contribution in [0.15, 0.2) is 24.3 Å². The second-order valence-electron chi connectivity index (χ2n) is 5.00. The fourth-order valence-corrected chi connectivity index (χ4v) is 2.74. The molecule has 0 aromatic heterocycles. The van der Waals surface area contributed by atoms with E-state index >= 15 is 0 Å². The van der Waals surface area contributed by atoms with Crippen LogP contribution in [0.1, 0.15) is 24.9 Å². The SMILES string of the molecule is COC1CCN(C(c2cccc(F)c2)C(C)N)C1. The van der Waals surface area contributed by atoms with Crippen molar-refractivity contribution in [3.05, 3.63) is 35.6 Å². The lowest BCUT2D eigenvalue weighted by Gasteiger charge is -2.31. The van der Waals surface area contributed by atoms with Crippen LogP contribution in [-0.2, 0) is 4.74 Å². The first-order valence-corrected chi connectivity index (χ1v) is 6.39. The Morgan fingerprint density at radius 1 is 1.50 bits per heavy atom. The molecular weight excluding hydrogens is 231 g/mol. The molecule has 0 saturated carbocycles. The number of halogens is 1. The van der Waals surface area contributed by atoms with Gasteiger partial charge in [0.25, 0.3) is 0 Å². The lowest BCUT2D eigenvalue weighted by Crippen LogP contribution is -2.38. The highest BCUT2D eigenvalue weighted by Gasteiger charge is 2.31. The minimum absolute atomic E-state index is 0.0394. The van der Waals surface area contributed by atoms with Crippen molar-refractivity contribution in [2.24, 2.45) is 5.73 Å². The highest BCUT2D eigenvalue weighted by molar-refractivity contribution is 5.22. The number of hydrogen-bond acceptors (Lipinski definition) is 3. The smallest absolute Gasteiger partial charge is 0.123 e. The van der Waals surface area contributed by atoms with Gasteiger partial charge in [-0.1, -0.05) is 12.1 Å². The Morgan fingerprint density at radius 3 is 2.83 bits per heavy atom. The predicted octanol–water partition coefficient (Wildman–Crippen LogP) is 1.93. The van der Waals surface area contributed by atoms with E-state index < -0.39 is 0 Å². The molecule has 3 nitrogen and oxygen atoms in total. The van der Waals surface area contributed by atoms with Gasteiger partial charge in [0.05, 0.1) is 6.10 Å². The summed E-state index contributed by atoms with van der Waals surface area (Å²) >= 11 is 0. The first kappa shape index (κ1) is 13.5. The fourth-order valence-electron chi connectivity index (χ4n) is 2.74. The van der Waals surface area contributed by atoms with Gasteiger partial charge in [-0.15, -0.1) is 0 Å². The molecule has 1 aromatic rings. The summed E-state index contributed by atoms with van der Waals surface area (Å²) in [5.41, 5.74) is 7.03. The zero-order valence-corrected chi connectivity index (χ0v) is 11.0. The average Bonchev–Trinajstić information content (AvgIpc) is 2.77. The molecule has 3 unspecified atom stereocenters. The third kappa shape index (κ3) is 2.88. The van der Waals surface area contributed by atoms with Gasteiger partial charge in [0.15, 0.2) is 0 Å². The number of rotatable bonds is 4. The average molecular weight is 252 g/mol. The van der Waals surface area contributed by atoms with Crippen LogP contribution in [0.4, 0.5) is 4.39 Å². The van der Waals surface area contributed by atoms with Crippen LogP contribution in [0.25, 0.3) is 0 Å². The lowest BCUT2D eigenvalue weighted by atomic mass is 9.99. The number of nitrogens with zero attached hydrogens (tertiary/aromatic N) is 1. The van der Waals surface area contributed by atoms with E-state index in [2.05, 4.69) is 4.90 Å². The van der Waals surface area contributed by atoms with Crippen LogP contribution in [0, 0.1) is 5.82 Å². The maximum atomic E-state index is 13.3. The molecule has 1 aliphatic rings. The van der Waals surface area contributed by atoms with Gasteiger partial charge in [0, 0.05) is 32.3 Å². The molecule has 2 N–H and O–H groups in total. The monoisotopic (exact) mass is 252 g/mol.